The number of nitrogens with two attached hydrogens (primary N) is 2. The molecule has 4 amide bonds. The van der Waals surface area contributed by atoms with Crippen molar-refractivity contribution in [3.8, 4) is 0 Å². The number of carboxylic acid groups (broad SMARTS) is 1. The summed E-state index contributed by atoms with van der Waals surface area (Å²) in [5.74, 6) is -2.47. The first-order valence-corrected chi connectivity index (χ1v) is 15.6. The highest BCUT2D eigenvalue weighted by atomic mass is 32.2. The molecule has 1 fully saturated rings. The van der Waals surface area contributed by atoms with Crippen molar-refractivity contribution in [1.29, 1.82) is 0 Å². The first-order chi connectivity index (χ1) is 18.8. The van der Waals surface area contributed by atoms with Crippen LogP contribution in [0.3, 0.4) is 0 Å². The number of hydrogen-bond donors (Lipinski definition) is 6. The highest BCUT2D eigenvalue weighted by Crippen LogP contribution is 2.20. The fourth-order valence-corrected chi connectivity index (χ4v) is 5.02. The third-order valence-corrected chi connectivity index (χ3v) is 7.63. The summed E-state index contributed by atoms with van der Waals surface area (Å²) in [6.07, 6.45) is 5.01. The minimum Gasteiger partial charge on any atom is -0.480 e. The van der Waals surface area contributed by atoms with Gasteiger partial charge in [-0.15, -0.1) is 0 Å². The fourth-order valence-electron chi connectivity index (χ4n) is 4.55. The van der Waals surface area contributed by atoms with E-state index in [1.165, 1.54) is 16.7 Å². The molecule has 0 aromatic heterocycles. The standard InChI is InChI=1S/C27H50N6O6S/c1-16(2)15-20(24(35)31-19(27(38)39)9-6-7-12-28)32-23(34)18(11-14-40-5)30-25(36)21-10-8-13-33(21)26(37)22(29)17(3)4/h16-22H,6-15,28-29H2,1-5H3,(H,30,36)(H,31,35)(H,32,34)(H,38,39). The van der Waals surface area contributed by atoms with Gasteiger partial charge in [0, 0.05) is 6.54 Å². The first kappa shape index (κ1) is 35.6. The Morgan fingerprint density at radius 1 is 0.950 bits per heavy atom. The molecule has 1 saturated heterocycles. The van der Waals surface area contributed by atoms with Crippen LogP contribution < -0.4 is 27.4 Å². The lowest BCUT2D eigenvalue weighted by Crippen LogP contribution is -2.58. The van der Waals surface area contributed by atoms with Gasteiger partial charge in [0.25, 0.3) is 0 Å². The molecule has 5 unspecified atom stereocenters. The van der Waals surface area contributed by atoms with Crippen molar-refractivity contribution in [2.24, 2.45) is 23.3 Å². The number of rotatable bonds is 18. The number of hydrogen-bond acceptors (Lipinski definition) is 8. The number of thioether (sulfide) groups is 1. The van der Waals surface area contributed by atoms with E-state index in [4.69, 9.17) is 11.5 Å². The predicted molar refractivity (Wildman–Crippen MR) is 156 cm³/mol. The van der Waals surface area contributed by atoms with E-state index in [1.54, 1.807) is 0 Å². The van der Waals surface area contributed by atoms with Gasteiger partial charge in [0.2, 0.25) is 23.6 Å². The molecule has 12 nitrogen and oxygen atoms in total. The molecule has 40 heavy (non-hydrogen) atoms. The SMILES string of the molecule is CSCCC(NC(=O)C1CCCN1C(=O)C(N)C(C)C)C(=O)NC(CC(C)C)C(=O)NC(CCCCN)C(=O)O. The van der Waals surface area contributed by atoms with E-state index in [0.29, 0.717) is 50.9 Å². The molecule has 0 bridgehead atoms. The average Bonchev–Trinajstić information content (AvgIpc) is 3.38. The maximum Gasteiger partial charge on any atom is 0.326 e. The van der Waals surface area contributed by atoms with Gasteiger partial charge in [-0.1, -0.05) is 27.7 Å². The molecule has 1 rings (SSSR count). The van der Waals surface area contributed by atoms with Gasteiger partial charge < -0.3 is 37.4 Å². The molecule has 230 valence electrons. The van der Waals surface area contributed by atoms with E-state index in [9.17, 15) is 29.1 Å². The molecule has 0 aliphatic carbocycles. The highest BCUT2D eigenvalue weighted by molar-refractivity contribution is 7.98. The fraction of sp³-hybridized carbons (Fsp3) is 0.815. The van der Waals surface area contributed by atoms with Crippen LogP contribution in [0.5, 0.6) is 0 Å². The molecule has 0 saturated carbocycles. The molecule has 1 heterocycles. The van der Waals surface area contributed by atoms with Crippen LogP contribution in [0.25, 0.3) is 0 Å². The lowest BCUT2D eigenvalue weighted by atomic mass is 10.0. The third-order valence-electron chi connectivity index (χ3n) is 6.99. The number of carbonyl (C=O) groups excluding carboxylic acids is 4. The maximum absolute atomic E-state index is 13.4. The van der Waals surface area contributed by atoms with Gasteiger partial charge in [0.15, 0.2) is 0 Å². The molecule has 0 radical (unpaired) electrons. The quantitative estimate of drug-likeness (QED) is 0.123. The molecule has 0 aromatic rings. The Balaban J connectivity index is 3.02. The molecule has 1 aliphatic heterocycles. The minimum absolute atomic E-state index is 0.0269. The smallest absolute Gasteiger partial charge is 0.326 e. The van der Waals surface area contributed by atoms with Crippen LogP contribution in [0, 0.1) is 11.8 Å². The first-order valence-electron chi connectivity index (χ1n) is 14.2. The van der Waals surface area contributed by atoms with E-state index in [2.05, 4.69) is 16.0 Å². The van der Waals surface area contributed by atoms with Crippen molar-refractivity contribution in [2.45, 2.75) is 103 Å². The summed E-state index contributed by atoms with van der Waals surface area (Å²) in [5.41, 5.74) is 11.6. The summed E-state index contributed by atoms with van der Waals surface area (Å²) < 4.78 is 0. The predicted octanol–water partition coefficient (Wildman–Crippen LogP) is 0.428. The Bertz CT molecular complexity index is 857. The minimum atomic E-state index is -1.15. The maximum atomic E-state index is 13.4. The Kier molecular flexibility index (Phi) is 16.2. The lowest BCUT2D eigenvalue weighted by molar-refractivity contribution is -0.142. The Morgan fingerprint density at radius 2 is 1.57 bits per heavy atom. The molecule has 0 aromatic carbocycles. The van der Waals surface area contributed by atoms with Crippen molar-refractivity contribution in [3.05, 3.63) is 0 Å². The number of nitrogens with zero attached hydrogens (tertiary/aromatic N) is 1. The second kappa shape index (κ2) is 18.1. The highest BCUT2D eigenvalue weighted by Gasteiger charge is 2.38. The van der Waals surface area contributed by atoms with Gasteiger partial charge >= 0.3 is 5.97 Å². The number of unbranched alkanes of at least 4 members (excludes halogenated alkanes) is 1. The van der Waals surface area contributed by atoms with Gasteiger partial charge in [-0.05, 0) is 75.3 Å². The summed E-state index contributed by atoms with van der Waals surface area (Å²) >= 11 is 1.51. The topological polar surface area (TPSA) is 197 Å². The van der Waals surface area contributed by atoms with Crippen molar-refractivity contribution >= 4 is 41.4 Å². The van der Waals surface area contributed by atoms with Crippen molar-refractivity contribution in [3.63, 3.8) is 0 Å². The van der Waals surface area contributed by atoms with Gasteiger partial charge in [0.1, 0.15) is 24.2 Å². The van der Waals surface area contributed by atoms with E-state index < -0.39 is 53.9 Å². The van der Waals surface area contributed by atoms with Crippen molar-refractivity contribution < 1.29 is 29.1 Å². The van der Waals surface area contributed by atoms with Crippen molar-refractivity contribution in [2.75, 3.05) is 25.1 Å². The van der Waals surface area contributed by atoms with Gasteiger partial charge in [-0.25, -0.2) is 4.79 Å². The Labute approximate surface area is 242 Å². The third kappa shape index (κ3) is 11.6. The second-order valence-electron chi connectivity index (χ2n) is 11.2. The zero-order chi connectivity index (χ0) is 30.4. The van der Waals surface area contributed by atoms with Crippen LogP contribution in [0.1, 0.15) is 72.6 Å². The second-order valence-corrected chi connectivity index (χ2v) is 12.2. The normalized spacial score (nSPS) is 18.2. The van der Waals surface area contributed by atoms with E-state index >= 15 is 0 Å². The summed E-state index contributed by atoms with van der Waals surface area (Å²) in [4.78, 5) is 65.9. The Morgan fingerprint density at radius 3 is 2.12 bits per heavy atom. The molecular formula is C27H50N6O6S. The molecule has 5 atom stereocenters. The zero-order valence-electron chi connectivity index (χ0n) is 24.6. The lowest BCUT2D eigenvalue weighted by Gasteiger charge is -2.30. The Hall–Kier alpha value is -2.38. The average molecular weight is 587 g/mol. The van der Waals surface area contributed by atoms with Crippen LogP contribution in [-0.4, -0.2) is 94.9 Å². The zero-order valence-corrected chi connectivity index (χ0v) is 25.4. The largest absolute Gasteiger partial charge is 0.480 e. The van der Waals surface area contributed by atoms with E-state index in [0.717, 1.165) is 0 Å². The summed E-state index contributed by atoms with van der Waals surface area (Å²) in [5, 5.41) is 17.7. The van der Waals surface area contributed by atoms with Crippen LogP contribution in [-0.2, 0) is 24.0 Å². The molecule has 13 heteroatoms. The summed E-state index contributed by atoms with van der Waals surface area (Å²) in [7, 11) is 0. The number of aliphatic carboxylic acids is 1. The van der Waals surface area contributed by atoms with E-state index in [1.807, 2.05) is 34.0 Å². The van der Waals surface area contributed by atoms with Gasteiger partial charge in [-0.2, -0.15) is 11.8 Å². The number of carboxylic acids is 1. The molecular weight excluding hydrogens is 536 g/mol. The number of amides is 4. The van der Waals surface area contributed by atoms with Gasteiger partial charge in [0.05, 0.1) is 6.04 Å². The van der Waals surface area contributed by atoms with Crippen LogP contribution in [0.15, 0.2) is 0 Å². The van der Waals surface area contributed by atoms with Crippen LogP contribution in [0.2, 0.25) is 0 Å². The van der Waals surface area contributed by atoms with Crippen molar-refractivity contribution in [1.82, 2.24) is 20.9 Å². The summed E-state index contributed by atoms with van der Waals surface area (Å²) in [6, 6.07) is -4.45. The number of likely N-dealkylation sites (tertiary alicyclic amines) is 1. The number of carbonyl (C=O) groups is 5. The monoisotopic (exact) mass is 586 g/mol. The molecule has 1 aliphatic rings. The molecule has 0 spiro atoms. The van der Waals surface area contributed by atoms with E-state index in [-0.39, 0.29) is 30.6 Å². The van der Waals surface area contributed by atoms with Gasteiger partial charge in [-0.3, -0.25) is 19.2 Å². The summed E-state index contributed by atoms with van der Waals surface area (Å²) in [6.45, 7) is 8.32. The van der Waals surface area contributed by atoms with Crippen LogP contribution in [0.4, 0.5) is 0 Å². The number of nitrogens with one attached hydrogen (secondary N) is 3. The van der Waals surface area contributed by atoms with Crippen LogP contribution >= 0.6 is 11.8 Å². The molecule has 8 N–H and O–H groups in total.